The third-order valence-corrected chi connectivity index (χ3v) is 4.82. The van der Waals surface area contributed by atoms with Crippen LogP contribution in [0.2, 0.25) is 0 Å². The monoisotopic (exact) mass is 285 g/mol. The third kappa shape index (κ3) is 2.29. The SMILES string of the molecule is O=C(NCC1CC12CCCCN2)c1cnc2[nH]ncc2c1. The zero-order chi connectivity index (χ0) is 14.3. The van der Waals surface area contributed by atoms with E-state index in [4.69, 9.17) is 0 Å². The van der Waals surface area contributed by atoms with Crippen molar-refractivity contribution in [3.05, 3.63) is 24.0 Å². The second kappa shape index (κ2) is 4.80. The summed E-state index contributed by atoms with van der Waals surface area (Å²) in [6.07, 6.45) is 8.29. The molecule has 2 unspecified atom stereocenters. The van der Waals surface area contributed by atoms with Gasteiger partial charge in [0.1, 0.15) is 0 Å². The van der Waals surface area contributed by atoms with Crippen LogP contribution < -0.4 is 10.6 Å². The Labute approximate surface area is 122 Å². The van der Waals surface area contributed by atoms with Crippen LogP contribution in [0.3, 0.4) is 0 Å². The Kier molecular flexibility index (Phi) is 2.92. The standard InChI is InChI=1S/C15H19N5O/c21-14(11-5-10-8-19-20-13(10)16-7-11)17-9-12-6-15(12)3-1-2-4-18-15/h5,7-8,12,18H,1-4,6,9H2,(H,17,21)(H,16,19,20). The van der Waals surface area contributed by atoms with Crippen molar-refractivity contribution in [3.8, 4) is 0 Å². The molecule has 110 valence electrons. The lowest BCUT2D eigenvalue weighted by atomic mass is 10.0. The summed E-state index contributed by atoms with van der Waals surface area (Å²) < 4.78 is 0. The number of rotatable bonds is 3. The van der Waals surface area contributed by atoms with Crippen LogP contribution >= 0.6 is 0 Å². The van der Waals surface area contributed by atoms with E-state index in [1.54, 1.807) is 12.4 Å². The number of hydrogen-bond acceptors (Lipinski definition) is 4. The van der Waals surface area contributed by atoms with Gasteiger partial charge in [-0.3, -0.25) is 9.89 Å². The largest absolute Gasteiger partial charge is 0.352 e. The van der Waals surface area contributed by atoms with Gasteiger partial charge in [0.05, 0.1) is 11.8 Å². The summed E-state index contributed by atoms with van der Waals surface area (Å²) in [5.74, 6) is 0.524. The van der Waals surface area contributed by atoms with Gasteiger partial charge in [-0.1, -0.05) is 6.42 Å². The van der Waals surface area contributed by atoms with Crippen LogP contribution in [0, 0.1) is 5.92 Å². The molecule has 1 saturated heterocycles. The molecule has 1 aliphatic heterocycles. The first-order chi connectivity index (χ1) is 10.3. The first-order valence-electron chi connectivity index (χ1n) is 7.59. The second-order valence-electron chi connectivity index (χ2n) is 6.18. The number of nitrogens with zero attached hydrogens (tertiary/aromatic N) is 2. The number of aromatic amines is 1. The molecule has 0 radical (unpaired) electrons. The molecule has 3 heterocycles. The van der Waals surface area contributed by atoms with Gasteiger partial charge in [-0.25, -0.2) is 4.98 Å². The summed E-state index contributed by atoms with van der Waals surface area (Å²) in [6, 6.07) is 1.82. The van der Waals surface area contributed by atoms with E-state index in [2.05, 4.69) is 25.8 Å². The molecule has 4 rings (SSSR count). The van der Waals surface area contributed by atoms with Gasteiger partial charge in [0.2, 0.25) is 0 Å². The molecule has 1 aliphatic carbocycles. The number of H-pyrrole nitrogens is 1. The first kappa shape index (κ1) is 12.8. The molecule has 2 atom stereocenters. The number of aromatic nitrogens is 3. The normalized spacial score (nSPS) is 27.9. The summed E-state index contributed by atoms with van der Waals surface area (Å²) in [4.78, 5) is 16.4. The van der Waals surface area contributed by atoms with Crippen LogP contribution in [0.4, 0.5) is 0 Å². The maximum atomic E-state index is 12.2. The van der Waals surface area contributed by atoms with Crippen molar-refractivity contribution in [1.82, 2.24) is 25.8 Å². The lowest BCUT2D eigenvalue weighted by Crippen LogP contribution is -2.40. The highest BCUT2D eigenvalue weighted by atomic mass is 16.1. The molecule has 3 N–H and O–H groups in total. The molecule has 2 aromatic rings. The fraction of sp³-hybridized carbons (Fsp3) is 0.533. The molecule has 2 fully saturated rings. The number of fused-ring (bicyclic) bond motifs is 1. The lowest BCUT2D eigenvalue weighted by molar-refractivity contribution is 0.0950. The summed E-state index contributed by atoms with van der Waals surface area (Å²) in [5.41, 5.74) is 1.62. The van der Waals surface area contributed by atoms with E-state index >= 15 is 0 Å². The average Bonchev–Trinajstić information content (AvgIpc) is 2.97. The molecule has 1 saturated carbocycles. The summed E-state index contributed by atoms with van der Waals surface area (Å²) in [7, 11) is 0. The number of carbonyl (C=O) groups is 1. The average molecular weight is 285 g/mol. The zero-order valence-corrected chi connectivity index (χ0v) is 11.9. The van der Waals surface area contributed by atoms with Crippen LogP contribution in [-0.2, 0) is 0 Å². The van der Waals surface area contributed by atoms with Crippen LogP contribution in [0.5, 0.6) is 0 Å². The third-order valence-electron chi connectivity index (χ3n) is 4.82. The molecule has 6 nitrogen and oxygen atoms in total. The highest BCUT2D eigenvalue weighted by molar-refractivity contribution is 5.96. The number of pyridine rings is 1. The van der Waals surface area contributed by atoms with E-state index in [0.29, 0.717) is 22.7 Å². The van der Waals surface area contributed by atoms with Gasteiger partial charge in [-0.05, 0) is 37.8 Å². The minimum Gasteiger partial charge on any atom is -0.352 e. The van der Waals surface area contributed by atoms with E-state index in [0.717, 1.165) is 18.5 Å². The topological polar surface area (TPSA) is 82.7 Å². The van der Waals surface area contributed by atoms with Crippen LogP contribution in [-0.4, -0.2) is 39.7 Å². The van der Waals surface area contributed by atoms with Gasteiger partial charge < -0.3 is 10.6 Å². The van der Waals surface area contributed by atoms with Crippen molar-refractivity contribution in [3.63, 3.8) is 0 Å². The van der Waals surface area contributed by atoms with Gasteiger partial charge in [0.15, 0.2) is 5.65 Å². The fourth-order valence-electron chi connectivity index (χ4n) is 3.44. The maximum absolute atomic E-state index is 12.2. The van der Waals surface area contributed by atoms with Gasteiger partial charge in [-0.15, -0.1) is 0 Å². The molecule has 1 spiro atoms. The molecule has 6 heteroatoms. The van der Waals surface area contributed by atoms with Crippen molar-refractivity contribution in [2.75, 3.05) is 13.1 Å². The highest BCUT2D eigenvalue weighted by Crippen LogP contribution is 2.48. The van der Waals surface area contributed by atoms with Gasteiger partial charge in [0, 0.05) is 23.7 Å². The van der Waals surface area contributed by atoms with Gasteiger partial charge in [0.25, 0.3) is 5.91 Å². The van der Waals surface area contributed by atoms with Crippen LogP contribution in [0.15, 0.2) is 18.5 Å². The molecule has 2 aromatic heterocycles. The van der Waals surface area contributed by atoms with Crippen LogP contribution in [0.25, 0.3) is 11.0 Å². The molecular formula is C15H19N5O. The molecular weight excluding hydrogens is 266 g/mol. The smallest absolute Gasteiger partial charge is 0.252 e. The van der Waals surface area contributed by atoms with Crippen molar-refractivity contribution >= 4 is 16.9 Å². The van der Waals surface area contributed by atoms with E-state index in [-0.39, 0.29) is 5.91 Å². The number of carbonyl (C=O) groups excluding carboxylic acids is 1. The molecule has 1 amide bonds. The first-order valence-corrected chi connectivity index (χ1v) is 7.59. The molecule has 0 bridgehead atoms. The number of hydrogen-bond donors (Lipinski definition) is 3. The fourth-order valence-corrected chi connectivity index (χ4v) is 3.44. The van der Waals surface area contributed by atoms with E-state index in [9.17, 15) is 4.79 Å². The maximum Gasteiger partial charge on any atom is 0.252 e. The Balaban J connectivity index is 1.38. The predicted molar refractivity (Wildman–Crippen MR) is 78.9 cm³/mol. The van der Waals surface area contributed by atoms with Gasteiger partial charge in [-0.2, -0.15) is 5.10 Å². The highest BCUT2D eigenvalue weighted by Gasteiger charge is 2.53. The van der Waals surface area contributed by atoms with Crippen molar-refractivity contribution in [2.45, 2.75) is 31.2 Å². The molecule has 21 heavy (non-hydrogen) atoms. The molecule has 2 aliphatic rings. The van der Waals surface area contributed by atoms with E-state index in [1.807, 2.05) is 6.07 Å². The zero-order valence-electron chi connectivity index (χ0n) is 11.9. The van der Waals surface area contributed by atoms with Crippen molar-refractivity contribution in [2.24, 2.45) is 5.92 Å². The summed E-state index contributed by atoms with van der Waals surface area (Å²) in [5, 5.41) is 14.2. The Morgan fingerprint density at radius 3 is 3.24 bits per heavy atom. The Bertz CT molecular complexity index is 674. The Hall–Kier alpha value is -1.95. The number of amides is 1. The van der Waals surface area contributed by atoms with Crippen molar-refractivity contribution in [1.29, 1.82) is 0 Å². The quantitative estimate of drug-likeness (QED) is 0.792. The Morgan fingerprint density at radius 2 is 2.38 bits per heavy atom. The molecule has 0 aromatic carbocycles. The van der Waals surface area contributed by atoms with Crippen LogP contribution in [0.1, 0.15) is 36.0 Å². The summed E-state index contributed by atoms with van der Waals surface area (Å²) in [6.45, 7) is 1.86. The number of nitrogens with one attached hydrogen (secondary N) is 3. The van der Waals surface area contributed by atoms with Gasteiger partial charge >= 0.3 is 0 Å². The lowest BCUT2D eigenvalue weighted by Gasteiger charge is -2.24. The minimum atomic E-state index is -0.0524. The van der Waals surface area contributed by atoms with E-state index < -0.39 is 0 Å². The minimum absolute atomic E-state index is 0.0524. The second-order valence-corrected chi connectivity index (χ2v) is 6.18. The summed E-state index contributed by atoms with van der Waals surface area (Å²) >= 11 is 0. The Morgan fingerprint density at radius 1 is 1.43 bits per heavy atom. The predicted octanol–water partition coefficient (Wildman–Crippen LogP) is 1.22. The number of piperidine rings is 1. The van der Waals surface area contributed by atoms with Crippen molar-refractivity contribution < 1.29 is 4.79 Å². The van der Waals surface area contributed by atoms with E-state index in [1.165, 1.54) is 25.7 Å².